The molecule has 0 unspecified atom stereocenters. The van der Waals surface area contributed by atoms with Gasteiger partial charge in [0.2, 0.25) is 6.79 Å². The molecule has 1 aromatic heterocycles. The molecule has 1 N–H and O–H groups in total. The number of methoxy groups -OCH3 is 1. The Bertz CT molecular complexity index is 997. The Morgan fingerprint density at radius 2 is 1.97 bits per heavy atom. The van der Waals surface area contributed by atoms with Crippen LogP contribution in [0.1, 0.15) is 36.2 Å². The van der Waals surface area contributed by atoms with Crippen LogP contribution in [0.3, 0.4) is 0 Å². The van der Waals surface area contributed by atoms with Crippen LogP contribution in [0.25, 0.3) is 5.69 Å². The highest BCUT2D eigenvalue weighted by atomic mass is 16.7. The first-order valence-electron chi connectivity index (χ1n) is 9.38. The average molecular weight is 400 g/mol. The number of carbonyl (C=O) groups excluding carboxylic acids is 2. The van der Waals surface area contributed by atoms with Crippen molar-refractivity contribution >= 4 is 11.9 Å². The van der Waals surface area contributed by atoms with Crippen LogP contribution in [-0.4, -0.2) is 36.4 Å². The number of hydrogen-bond acceptors (Lipinski definition) is 6. The van der Waals surface area contributed by atoms with E-state index in [1.807, 2.05) is 13.8 Å². The van der Waals surface area contributed by atoms with Gasteiger partial charge >= 0.3 is 5.97 Å². The first-order chi connectivity index (χ1) is 13.9. The molecule has 0 bridgehead atoms. The van der Waals surface area contributed by atoms with E-state index < -0.39 is 23.5 Å². The zero-order chi connectivity index (χ0) is 21.1. The molecule has 154 valence electrons. The Labute approximate surface area is 168 Å². The number of aryl methyl sites for hydroxylation is 1. The maximum absolute atomic E-state index is 13.1. The second-order valence-electron chi connectivity index (χ2n) is 6.95. The van der Waals surface area contributed by atoms with Gasteiger partial charge < -0.3 is 19.5 Å². The Morgan fingerprint density at radius 1 is 1.24 bits per heavy atom. The van der Waals surface area contributed by atoms with E-state index in [0.29, 0.717) is 29.2 Å². The quantitative estimate of drug-likeness (QED) is 0.747. The number of fused-ring (bicyclic) bond motifs is 1. The predicted molar refractivity (Wildman–Crippen MR) is 106 cm³/mol. The lowest BCUT2D eigenvalue weighted by molar-refractivity contribution is -0.144. The average Bonchev–Trinajstić information content (AvgIpc) is 3.18. The second kappa shape index (κ2) is 8.38. The van der Waals surface area contributed by atoms with E-state index in [4.69, 9.17) is 14.2 Å². The molecule has 0 saturated heterocycles. The molecule has 1 aromatic carbocycles. The zero-order valence-electron chi connectivity index (χ0n) is 16.9. The van der Waals surface area contributed by atoms with Crippen molar-refractivity contribution in [2.24, 2.45) is 5.92 Å². The highest BCUT2D eigenvalue weighted by molar-refractivity contribution is 5.97. The normalized spacial score (nSPS) is 14.2. The number of carbonyl (C=O) groups is 2. The summed E-state index contributed by atoms with van der Waals surface area (Å²) in [6, 6.07) is 5.94. The molecule has 0 spiro atoms. The maximum atomic E-state index is 13.1. The van der Waals surface area contributed by atoms with Crippen LogP contribution in [0, 0.1) is 12.8 Å². The third-order valence-corrected chi connectivity index (χ3v) is 5.12. The number of amides is 1. The summed E-state index contributed by atoms with van der Waals surface area (Å²) in [6.07, 6.45) is 2.26. The third kappa shape index (κ3) is 3.96. The van der Waals surface area contributed by atoms with Gasteiger partial charge in [0.05, 0.1) is 12.8 Å². The fourth-order valence-electron chi connectivity index (χ4n) is 3.15. The van der Waals surface area contributed by atoms with Gasteiger partial charge in [-0.15, -0.1) is 0 Å². The van der Waals surface area contributed by atoms with Crippen LogP contribution >= 0.6 is 0 Å². The fourth-order valence-corrected chi connectivity index (χ4v) is 3.15. The summed E-state index contributed by atoms with van der Waals surface area (Å²) in [5, 5.41) is 2.67. The van der Waals surface area contributed by atoms with Gasteiger partial charge in [-0.1, -0.05) is 20.3 Å². The maximum Gasteiger partial charge on any atom is 0.328 e. The lowest BCUT2D eigenvalue weighted by Gasteiger charge is -2.22. The lowest BCUT2D eigenvalue weighted by Crippen LogP contribution is -2.47. The molecule has 2 heterocycles. The number of ether oxygens (including phenoxy) is 3. The van der Waals surface area contributed by atoms with Gasteiger partial charge in [-0.3, -0.25) is 14.2 Å². The van der Waals surface area contributed by atoms with E-state index in [1.165, 1.54) is 11.7 Å². The number of pyridine rings is 1. The number of aromatic nitrogens is 1. The highest BCUT2D eigenvalue weighted by Crippen LogP contribution is 2.33. The van der Waals surface area contributed by atoms with Crippen molar-refractivity contribution in [1.29, 1.82) is 0 Å². The van der Waals surface area contributed by atoms with Crippen molar-refractivity contribution in [3.8, 4) is 17.2 Å². The minimum Gasteiger partial charge on any atom is -0.467 e. The molecule has 8 heteroatoms. The summed E-state index contributed by atoms with van der Waals surface area (Å²) in [4.78, 5) is 38.1. The highest BCUT2D eigenvalue weighted by Gasteiger charge is 2.29. The van der Waals surface area contributed by atoms with Crippen LogP contribution in [0.2, 0.25) is 0 Å². The van der Waals surface area contributed by atoms with Gasteiger partial charge in [0.15, 0.2) is 11.5 Å². The monoisotopic (exact) mass is 400 g/mol. The number of hydrogen-bond donors (Lipinski definition) is 1. The standard InChI is InChI=1S/C21H24N2O6/c1-5-12(2)18(21(26)27-4)22-19(24)17-13(3)8-9-23(20(17)25)14-6-7-15-16(10-14)29-11-28-15/h6-10,12,18H,5,11H2,1-4H3,(H,22,24)/t12-,18-/m0/s1. The number of nitrogens with one attached hydrogen (secondary N) is 1. The van der Waals surface area contributed by atoms with Crippen LogP contribution < -0.4 is 20.3 Å². The molecule has 0 saturated carbocycles. The third-order valence-electron chi connectivity index (χ3n) is 5.12. The first kappa shape index (κ1) is 20.4. The summed E-state index contributed by atoms with van der Waals surface area (Å²) in [6.45, 7) is 5.55. The van der Waals surface area contributed by atoms with Crippen LogP contribution in [-0.2, 0) is 9.53 Å². The molecule has 2 atom stereocenters. The molecule has 8 nitrogen and oxygen atoms in total. The minimum absolute atomic E-state index is 0.0256. The number of nitrogens with zero attached hydrogens (tertiary/aromatic N) is 1. The van der Waals surface area contributed by atoms with Crippen molar-refractivity contribution in [1.82, 2.24) is 9.88 Å². The largest absolute Gasteiger partial charge is 0.467 e. The molecule has 29 heavy (non-hydrogen) atoms. The van der Waals surface area contributed by atoms with E-state index >= 15 is 0 Å². The van der Waals surface area contributed by atoms with Gasteiger partial charge in [0, 0.05) is 12.3 Å². The molecule has 0 fully saturated rings. The van der Waals surface area contributed by atoms with Gasteiger partial charge in [-0.25, -0.2) is 4.79 Å². The molecule has 2 aromatic rings. The Morgan fingerprint density at radius 3 is 2.66 bits per heavy atom. The van der Waals surface area contributed by atoms with Crippen molar-refractivity contribution in [2.45, 2.75) is 33.2 Å². The van der Waals surface area contributed by atoms with Crippen molar-refractivity contribution in [3.05, 3.63) is 51.9 Å². The molecule has 1 aliphatic heterocycles. The number of benzene rings is 1. The molecular formula is C21H24N2O6. The van der Waals surface area contributed by atoms with Crippen molar-refractivity contribution in [3.63, 3.8) is 0 Å². The van der Waals surface area contributed by atoms with Gasteiger partial charge in [-0.05, 0) is 36.6 Å². The van der Waals surface area contributed by atoms with E-state index in [0.717, 1.165) is 0 Å². The molecule has 0 radical (unpaired) electrons. The summed E-state index contributed by atoms with van der Waals surface area (Å²) >= 11 is 0. The first-order valence-corrected chi connectivity index (χ1v) is 9.38. The van der Waals surface area contributed by atoms with Gasteiger partial charge in [0.1, 0.15) is 11.6 Å². The Balaban J connectivity index is 1.97. The smallest absolute Gasteiger partial charge is 0.328 e. The summed E-state index contributed by atoms with van der Waals surface area (Å²) in [7, 11) is 1.27. The number of rotatable bonds is 6. The SMILES string of the molecule is CC[C@H](C)[C@H](NC(=O)c1c(C)ccn(-c2ccc3c(c2)OCO3)c1=O)C(=O)OC. The van der Waals surface area contributed by atoms with E-state index in [1.54, 1.807) is 37.4 Å². The van der Waals surface area contributed by atoms with Crippen molar-refractivity contribution < 1.29 is 23.8 Å². The summed E-state index contributed by atoms with van der Waals surface area (Å²) in [5.74, 6) is -0.174. The Kier molecular flexibility index (Phi) is 5.91. The Hall–Kier alpha value is -3.29. The topological polar surface area (TPSA) is 95.9 Å². The van der Waals surface area contributed by atoms with E-state index in [9.17, 15) is 14.4 Å². The lowest BCUT2D eigenvalue weighted by atomic mass is 9.98. The molecule has 1 aliphatic rings. The molecular weight excluding hydrogens is 376 g/mol. The fraction of sp³-hybridized carbons (Fsp3) is 0.381. The molecule has 1 amide bonds. The zero-order valence-corrected chi connectivity index (χ0v) is 16.9. The minimum atomic E-state index is -0.838. The number of esters is 1. The summed E-state index contributed by atoms with van der Waals surface area (Å²) in [5.41, 5.74) is 0.536. The van der Waals surface area contributed by atoms with Gasteiger partial charge in [0.25, 0.3) is 11.5 Å². The second-order valence-corrected chi connectivity index (χ2v) is 6.95. The summed E-state index contributed by atoms with van der Waals surface area (Å²) < 4.78 is 16.8. The van der Waals surface area contributed by atoms with Gasteiger partial charge in [-0.2, -0.15) is 0 Å². The van der Waals surface area contributed by atoms with Crippen LogP contribution in [0.4, 0.5) is 0 Å². The van der Waals surface area contributed by atoms with Crippen LogP contribution in [0.5, 0.6) is 11.5 Å². The molecule has 0 aliphatic carbocycles. The predicted octanol–water partition coefficient (Wildman–Crippen LogP) is 2.19. The van der Waals surface area contributed by atoms with E-state index in [2.05, 4.69) is 5.32 Å². The van der Waals surface area contributed by atoms with Crippen molar-refractivity contribution in [2.75, 3.05) is 13.9 Å². The van der Waals surface area contributed by atoms with Crippen LogP contribution in [0.15, 0.2) is 35.3 Å². The van der Waals surface area contributed by atoms with E-state index in [-0.39, 0.29) is 18.3 Å². The molecule has 3 rings (SSSR count).